The Morgan fingerprint density at radius 1 is 1.17 bits per heavy atom. The molecule has 2 N–H and O–H groups in total. The van der Waals surface area contributed by atoms with Crippen LogP contribution in [-0.4, -0.2) is 27.7 Å². The highest BCUT2D eigenvalue weighted by Crippen LogP contribution is 2.24. The average Bonchev–Trinajstić information content (AvgIpc) is 2.55. The maximum Gasteiger partial charge on any atom is 0.240 e. The number of hydrogen-bond donors (Lipinski definition) is 1. The van der Waals surface area contributed by atoms with Crippen LogP contribution in [-0.2, 0) is 0 Å². The van der Waals surface area contributed by atoms with Crippen molar-refractivity contribution in [1.82, 2.24) is 14.6 Å². The fraction of sp³-hybridized carbons (Fsp3) is 0.538. The first-order valence-corrected chi connectivity index (χ1v) is 6.61. The van der Waals surface area contributed by atoms with Crippen LogP contribution in [0.3, 0.4) is 0 Å². The van der Waals surface area contributed by atoms with Gasteiger partial charge in [0, 0.05) is 13.1 Å². The standard InChI is InChI=1S/C13H19N5/c1-10-8-12-15-13(14)16-18(12)9-11(10)17-6-4-2-3-5-7-17/h8-9H,2-7H2,1H3,(H2,14,16). The molecule has 3 heterocycles. The van der Waals surface area contributed by atoms with E-state index in [1.165, 1.54) is 36.9 Å². The fourth-order valence-electron chi connectivity index (χ4n) is 2.67. The Bertz CT molecular complexity index is 552. The molecule has 0 radical (unpaired) electrons. The van der Waals surface area contributed by atoms with Crippen LogP contribution in [0.1, 0.15) is 31.2 Å². The van der Waals surface area contributed by atoms with E-state index in [9.17, 15) is 0 Å². The second kappa shape index (κ2) is 4.48. The zero-order chi connectivity index (χ0) is 12.5. The molecule has 2 aromatic heterocycles. The van der Waals surface area contributed by atoms with E-state index in [1.54, 1.807) is 4.52 Å². The molecule has 0 spiro atoms. The van der Waals surface area contributed by atoms with Gasteiger partial charge in [-0.2, -0.15) is 4.98 Å². The first kappa shape index (κ1) is 11.3. The third kappa shape index (κ3) is 2.00. The van der Waals surface area contributed by atoms with E-state index in [-0.39, 0.29) is 0 Å². The molecular formula is C13H19N5. The van der Waals surface area contributed by atoms with Gasteiger partial charge in [-0.15, -0.1) is 5.10 Å². The van der Waals surface area contributed by atoms with Crippen LogP contribution in [0.15, 0.2) is 12.3 Å². The summed E-state index contributed by atoms with van der Waals surface area (Å²) in [6, 6.07) is 2.06. The summed E-state index contributed by atoms with van der Waals surface area (Å²) in [5, 5.41) is 4.19. The summed E-state index contributed by atoms with van der Waals surface area (Å²) in [6.45, 7) is 4.40. The molecule has 96 valence electrons. The van der Waals surface area contributed by atoms with Gasteiger partial charge < -0.3 is 10.6 Å². The van der Waals surface area contributed by atoms with Crippen LogP contribution in [0.5, 0.6) is 0 Å². The molecule has 0 atom stereocenters. The molecule has 0 aliphatic carbocycles. The minimum Gasteiger partial charge on any atom is -0.370 e. The minimum atomic E-state index is 0.336. The number of aryl methyl sites for hydroxylation is 1. The molecule has 5 nitrogen and oxygen atoms in total. The average molecular weight is 245 g/mol. The smallest absolute Gasteiger partial charge is 0.240 e. The number of fused-ring (bicyclic) bond motifs is 1. The summed E-state index contributed by atoms with van der Waals surface area (Å²) < 4.78 is 1.78. The van der Waals surface area contributed by atoms with E-state index in [4.69, 9.17) is 5.73 Å². The largest absolute Gasteiger partial charge is 0.370 e. The normalized spacial score (nSPS) is 17.1. The number of pyridine rings is 1. The molecule has 1 aliphatic rings. The molecule has 3 rings (SSSR count). The van der Waals surface area contributed by atoms with Crippen molar-refractivity contribution in [2.75, 3.05) is 23.7 Å². The molecule has 0 saturated carbocycles. The summed E-state index contributed by atoms with van der Waals surface area (Å²) in [4.78, 5) is 6.65. The van der Waals surface area contributed by atoms with Gasteiger partial charge in [-0.05, 0) is 31.4 Å². The molecule has 0 bridgehead atoms. The summed E-state index contributed by atoms with van der Waals surface area (Å²) in [5.74, 6) is 0.336. The zero-order valence-electron chi connectivity index (χ0n) is 10.8. The quantitative estimate of drug-likeness (QED) is 0.834. The monoisotopic (exact) mass is 245 g/mol. The van der Waals surface area contributed by atoms with Gasteiger partial charge in [-0.1, -0.05) is 12.8 Å². The molecule has 5 heteroatoms. The number of aromatic nitrogens is 3. The van der Waals surface area contributed by atoms with Gasteiger partial charge in [0.15, 0.2) is 5.65 Å². The Balaban J connectivity index is 2.01. The van der Waals surface area contributed by atoms with E-state index in [0.29, 0.717) is 5.95 Å². The van der Waals surface area contributed by atoms with Gasteiger partial charge >= 0.3 is 0 Å². The number of nitrogen functional groups attached to an aromatic ring is 1. The Morgan fingerprint density at radius 2 is 1.89 bits per heavy atom. The highest BCUT2D eigenvalue weighted by atomic mass is 15.3. The number of rotatable bonds is 1. The van der Waals surface area contributed by atoms with Crippen molar-refractivity contribution in [3.63, 3.8) is 0 Å². The SMILES string of the molecule is Cc1cc2nc(N)nn2cc1N1CCCCCC1. The highest BCUT2D eigenvalue weighted by molar-refractivity contribution is 5.58. The lowest BCUT2D eigenvalue weighted by Crippen LogP contribution is -2.25. The number of hydrogen-bond acceptors (Lipinski definition) is 4. The lowest BCUT2D eigenvalue weighted by atomic mass is 10.2. The molecule has 2 aromatic rings. The van der Waals surface area contributed by atoms with Crippen LogP contribution >= 0.6 is 0 Å². The van der Waals surface area contributed by atoms with E-state index >= 15 is 0 Å². The summed E-state index contributed by atoms with van der Waals surface area (Å²) >= 11 is 0. The number of nitrogens with two attached hydrogens (primary N) is 1. The van der Waals surface area contributed by atoms with Gasteiger partial charge in [0.1, 0.15) is 0 Å². The topological polar surface area (TPSA) is 59.4 Å². The van der Waals surface area contributed by atoms with Gasteiger partial charge in [0.05, 0.1) is 11.9 Å². The lowest BCUT2D eigenvalue weighted by molar-refractivity contribution is 0.726. The van der Waals surface area contributed by atoms with Gasteiger partial charge in [-0.3, -0.25) is 0 Å². The van der Waals surface area contributed by atoms with Gasteiger partial charge in [0.25, 0.3) is 0 Å². The van der Waals surface area contributed by atoms with Gasteiger partial charge in [0.2, 0.25) is 5.95 Å². The second-order valence-electron chi connectivity index (χ2n) is 5.02. The van der Waals surface area contributed by atoms with Crippen molar-refractivity contribution in [3.05, 3.63) is 17.8 Å². The Morgan fingerprint density at radius 3 is 2.61 bits per heavy atom. The van der Waals surface area contributed by atoms with Crippen LogP contribution < -0.4 is 10.6 Å². The zero-order valence-corrected chi connectivity index (χ0v) is 10.8. The molecular weight excluding hydrogens is 226 g/mol. The van der Waals surface area contributed by atoms with Crippen LogP contribution in [0.4, 0.5) is 11.6 Å². The third-order valence-electron chi connectivity index (χ3n) is 3.61. The van der Waals surface area contributed by atoms with Crippen LogP contribution in [0.2, 0.25) is 0 Å². The van der Waals surface area contributed by atoms with Crippen molar-refractivity contribution in [2.45, 2.75) is 32.6 Å². The Labute approximate surface area is 107 Å². The molecule has 1 saturated heterocycles. The maximum absolute atomic E-state index is 5.64. The molecule has 0 unspecified atom stereocenters. The van der Waals surface area contributed by atoms with E-state index in [1.807, 2.05) is 0 Å². The first-order chi connectivity index (χ1) is 8.74. The minimum absolute atomic E-state index is 0.336. The lowest BCUT2D eigenvalue weighted by Gasteiger charge is -2.24. The summed E-state index contributed by atoms with van der Waals surface area (Å²) in [7, 11) is 0. The Hall–Kier alpha value is -1.78. The van der Waals surface area contributed by atoms with E-state index < -0.39 is 0 Å². The predicted molar refractivity (Wildman–Crippen MR) is 72.8 cm³/mol. The third-order valence-corrected chi connectivity index (χ3v) is 3.61. The number of nitrogens with zero attached hydrogens (tertiary/aromatic N) is 4. The molecule has 1 fully saturated rings. The van der Waals surface area contributed by atoms with Crippen LogP contribution in [0, 0.1) is 6.92 Å². The molecule has 0 aromatic carbocycles. The van der Waals surface area contributed by atoms with Crippen molar-refractivity contribution < 1.29 is 0 Å². The predicted octanol–water partition coefficient (Wildman–Crippen LogP) is 2.00. The van der Waals surface area contributed by atoms with Gasteiger partial charge in [-0.25, -0.2) is 4.52 Å². The highest BCUT2D eigenvalue weighted by Gasteiger charge is 2.14. The molecule has 18 heavy (non-hydrogen) atoms. The van der Waals surface area contributed by atoms with E-state index in [2.05, 4.69) is 34.2 Å². The fourth-order valence-corrected chi connectivity index (χ4v) is 2.67. The van der Waals surface area contributed by atoms with Crippen LogP contribution in [0.25, 0.3) is 5.65 Å². The first-order valence-electron chi connectivity index (χ1n) is 6.61. The van der Waals surface area contributed by atoms with E-state index in [0.717, 1.165) is 18.7 Å². The van der Waals surface area contributed by atoms with Crippen molar-refractivity contribution >= 4 is 17.3 Å². The number of anilines is 2. The molecule has 0 amide bonds. The second-order valence-corrected chi connectivity index (χ2v) is 5.02. The Kier molecular flexibility index (Phi) is 2.81. The van der Waals surface area contributed by atoms with Crippen molar-refractivity contribution in [3.8, 4) is 0 Å². The summed E-state index contributed by atoms with van der Waals surface area (Å²) in [5.41, 5.74) is 8.97. The summed E-state index contributed by atoms with van der Waals surface area (Å²) in [6.07, 6.45) is 7.29. The van der Waals surface area contributed by atoms with Crippen molar-refractivity contribution in [1.29, 1.82) is 0 Å². The maximum atomic E-state index is 5.64. The molecule has 1 aliphatic heterocycles. The van der Waals surface area contributed by atoms with Crippen molar-refractivity contribution in [2.24, 2.45) is 0 Å².